The summed E-state index contributed by atoms with van der Waals surface area (Å²) in [5, 5.41) is 25.0. The van der Waals surface area contributed by atoms with Gasteiger partial charge < -0.3 is 10.3 Å². The second-order valence-corrected chi connectivity index (χ2v) is 4.66. The summed E-state index contributed by atoms with van der Waals surface area (Å²) in [5.41, 5.74) is 2.26. The van der Waals surface area contributed by atoms with Crippen molar-refractivity contribution in [2.45, 2.75) is 26.2 Å². The molecule has 0 saturated heterocycles. The first-order valence-electron chi connectivity index (χ1n) is 6.76. The van der Waals surface area contributed by atoms with Crippen LogP contribution in [0.4, 0.5) is 11.4 Å². The molecule has 0 bridgehead atoms. The Morgan fingerprint density at radius 1 is 1.05 bits per heavy atom. The first kappa shape index (κ1) is 14.1. The van der Waals surface area contributed by atoms with E-state index in [1.807, 2.05) is 24.3 Å². The van der Waals surface area contributed by atoms with Crippen molar-refractivity contribution < 1.29 is 9.97 Å². The number of rotatable bonds is 5. The quantitative estimate of drug-likeness (QED) is 0.488. The van der Waals surface area contributed by atoms with Crippen LogP contribution in [0.2, 0.25) is 0 Å². The van der Waals surface area contributed by atoms with Gasteiger partial charge in [-0.2, -0.15) is 0 Å². The zero-order valence-electron chi connectivity index (χ0n) is 11.5. The standard InChI is InChI=1S/C16H18N2O2/c1-2-3-4-13-5-7-14(8-6-13)17-18(20)15-9-11-16(19)12-10-15/h5-12,19H,2-4H2,1H3. The Labute approximate surface area is 118 Å². The van der Waals surface area contributed by atoms with E-state index >= 15 is 0 Å². The predicted octanol–water partition coefficient (Wildman–Crippen LogP) is 4.66. The largest absolute Gasteiger partial charge is 0.594 e. The molecule has 0 spiro atoms. The maximum absolute atomic E-state index is 11.9. The number of nitrogens with zero attached hydrogens (tertiary/aromatic N) is 2. The lowest BCUT2D eigenvalue weighted by molar-refractivity contribution is -0.435. The van der Waals surface area contributed by atoms with Crippen LogP contribution in [0.3, 0.4) is 0 Å². The van der Waals surface area contributed by atoms with E-state index in [-0.39, 0.29) is 5.75 Å². The SMILES string of the molecule is CCCCc1ccc(N=[N+]([O-])c2ccc(O)cc2)cc1. The van der Waals surface area contributed by atoms with Crippen molar-refractivity contribution in [3.05, 3.63) is 59.3 Å². The summed E-state index contributed by atoms with van der Waals surface area (Å²) in [6.45, 7) is 2.16. The van der Waals surface area contributed by atoms with Crippen LogP contribution in [0, 0.1) is 5.21 Å². The molecule has 2 rings (SSSR count). The van der Waals surface area contributed by atoms with Crippen molar-refractivity contribution in [2.24, 2.45) is 5.11 Å². The molecular formula is C16H18N2O2. The highest BCUT2D eigenvalue weighted by Gasteiger charge is 2.04. The Morgan fingerprint density at radius 3 is 2.30 bits per heavy atom. The van der Waals surface area contributed by atoms with E-state index in [2.05, 4.69) is 12.0 Å². The molecule has 0 fully saturated rings. The predicted molar refractivity (Wildman–Crippen MR) is 78.5 cm³/mol. The van der Waals surface area contributed by atoms with Crippen LogP contribution in [0.15, 0.2) is 53.6 Å². The van der Waals surface area contributed by atoms with E-state index in [4.69, 9.17) is 0 Å². The van der Waals surface area contributed by atoms with E-state index in [9.17, 15) is 10.3 Å². The van der Waals surface area contributed by atoms with Gasteiger partial charge in [0.05, 0.1) is 0 Å². The first-order chi connectivity index (χ1) is 9.69. The van der Waals surface area contributed by atoms with Gasteiger partial charge in [0.15, 0.2) is 0 Å². The summed E-state index contributed by atoms with van der Waals surface area (Å²) in [5.74, 6) is 0.127. The minimum Gasteiger partial charge on any atom is -0.594 e. The molecule has 104 valence electrons. The van der Waals surface area contributed by atoms with E-state index in [0.29, 0.717) is 16.2 Å². The molecule has 0 atom stereocenters. The van der Waals surface area contributed by atoms with Gasteiger partial charge in [-0.1, -0.05) is 30.3 Å². The number of hydrogen-bond acceptors (Lipinski definition) is 3. The Morgan fingerprint density at radius 2 is 1.70 bits per heavy atom. The topological polar surface area (TPSA) is 58.7 Å². The van der Waals surface area contributed by atoms with E-state index < -0.39 is 0 Å². The molecule has 0 amide bonds. The van der Waals surface area contributed by atoms with Crippen molar-refractivity contribution in [1.82, 2.24) is 0 Å². The summed E-state index contributed by atoms with van der Waals surface area (Å²) >= 11 is 0. The molecule has 0 heterocycles. The van der Waals surface area contributed by atoms with Crippen LogP contribution < -0.4 is 0 Å². The Hall–Kier alpha value is -2.36. The molecule has 0 aliphatic rings. The van der Waals surface area contributed by atoms with Gasteiger partial charge in [0.1, 0.15) is 11.4 Å². The lowest BCUT2D eigenvalue weighted by Crippen LogP contribution is -1.90. The molecule has 0 radical (unpaired) electrons. The van der Waals surface area contributed by atoms with Gasteiger partial charge in [-0.3, -0.25) is 0 Å². The maximum atomic E-state index is 11.9. The fourth-order valence-corrected chi connectivity index (χ4v) is 1.85. The molecule has 0 unspecified atom stereocenters. The van der Waals surface area contributed by atoms with E-state index in [1.165, 1.54) is 36.2 Å². The minimum atomic E-state index is 0.127. The second-order valence-electron chi connectivity index (χ2n) is 4.66. The number of azo groups is 1. The van der Waals surface area contributed by atoms with Crippen molar-refractivity contribution >= 4 is 11.4 Å². The fourth-order valence-electron chi connectivity index (χ4n) is 1.85. The van der Waals surface area contributed by atoms with Gasteiger partial charge in [0.25, 0.3) is 0 Å². The molecule has 4 heteroatoms. The molecule has 2 aromatic rings. The van der Waals surface area contributed by atoms with Gasteiger partial charge in [-0.25, -0.2) is 0 Å². The third-order valence-corrected chi connectivity index (χ3v) is 3.03. The highest BCUT2D eigenvalue weighted by molar-refractivity contribution is 5.39. The molecule has 0 saturated carbocycles. The number of unbranched alkanes of at least 4 members (excludes halogenated alkanes) is 1. The Kier molecular flexibility index (Phi) is 4.71. The smallest absolute Gasteiger partial charge is 0.245 e. The van der Waals surface area contributed by atoms with Gasteiger partial charge in [0.2, 0.25) is 5.69 Å². The normalized spacial score (nSPS) is 11.6. The molecule has 2 aromatic carbocycles. The van der Waals surface area contributed by atoms with Gasteiger partial charge in [-0.05, 0) is 42.7 Å². The highest BCUT2D eigenvalue weighted by atomic mass is 16.5. The molecule has 1 N–H and O–H groups in total. The Bertz CT molecular complexity index is 574. The maximum Gasteiger partial charge on any atom is 0.245 e. The summed E-state index contributed by atoms with van der Waals surface area (Å²) in [7, 11) is 0. The van der Waals surface area contributed by atoms with Crippen LogP contribution in [0.25, 0.3) is 0 Å². The third-order valence-electron chi connectivity index (χ3n) is 3.03. The lowest BCUT2D eigenvalue weighted by atomic mass is 10.1. The summed E-state index contributed by atoms with van der Waals surface area (Å²) < 4.78 is 0. The molecule has 20 heavy (non-hydrogen) atoms. The third kappa shape index (κ3) is 3.82. The van der Waals surface area contributed by atoms with Crippen LogP contribution >= 0.6 is 0 Å². The van der Waals surface area contributed by atoms with Crippen LogP contribution in [-0.2, 0) is 6.42 Å². The molecular weight excluding hydrogens is 252 g/mol. The number of hydrogen-bond donors (Lipinski definition) is 1. The number of phenolic OH excluding ortho intramolecular Hbond substituents is 1. The highest BCUT2D eigenvalue weighted by Crippen LogP contribution is 2.20. The monoisotopic (exact) mass is 270 g/mol. The minimum absolute atomic E-state index is 0.127. The summed E-state index contributed by atoms with van der Waals surface area (Å²) in [6.07, 6.45) is 3.38. The van der Waals surface area contributed by atoms with Gasteiger partial charge in [-0.15, -0.1) is 0 Å². The number of benzene rings is 2. The van der Waals surface area contributed by atoms with Crippen molar-refractivity contribution in [3.8, 4) is 5.75 Å². The molecule has 0 aliphatic carbocycles. The van der Waals surface area contributed by atoms with Gasteiger partial charge in [0, 0.05) is 17.2 Å². The van der Waals surface area contributed by atoms with Crippen LogP contribution in [0.1, 0.15) is 25.3 Å². The molecule has 0 aliphatic heterocycles. The van der Waals surface area contributed by atoms with Gasteiger partial charge >= 0.3 is 0 Å². The Balaban J connectivity index is 2.11. The average Bonchev–Trinajstić information content (AvgIpc) is 2.47. The number of phenols is 1. The van der Waals surface area contributed by atoms with E-state index in [0.717, 1.165) is 12.8 Å². The zero-order valence-corrected chi connectivity index (χ0v) is 11.5. The van der Waals surface area contributed by atoms with Crippen molar-refractivity contribution in [3.63, 3.8) is 0 Å². The second kappa shape index (κ2) is 6.70. The summed E-state index contributed by atoms with van der Waals surface area (Å²) in [4.78, 5) is 0.556. The van der Waals surface area contributed by atoms with Crippen molar-refractivity contribution in [2.75, 3.05) is 0 Å². The lowest BCUT2D eigenvalue weighted by Gasteiger charge is -2.01. The molecule has 0 aromatic heterocycles. The van der Waals surface area contributed by atoms with Crippen molar-refractivity contribution in [1.29, 1.82) is 0 Å². The number of aromatic hydroxyl groups is 1. The number of aryl methyl sites for hydroxylation is 1. The molecule has 4 nitrogen and oxygen atoms in total. The van der Waals surface area contributed by atoms with Crippen LogP contribution in [0.5, 0.6) is 5.75 Å². The van der Waals surface area contributed by atoms with E-state index in [1.54, 1.807) is 0 Å². The fraction of sp³-hybridized carbons (Fsp3) is 0.250. The first-order valence-corrected chi connectivity index (χ1v) is 6.76. The average molecular weight is 270 g/mol. The zero-order chi connectivity index (χ0) is 14.4. The summed E-state index contributed by atoms with van der Waals surface area (Å²) in [6, 6.07) is 13.7. The van der Waals surface area contributed by atoms with Crippen LogP contribution in [-0.4, -0.2) is 9.97 Å².